The minimum absolute atomic E-state index is 0.0857. The number of nitrogens with zero attached hydrogens (tertiary/aromatic N) is 4. The van der Waals surface area contributed by atoms with Crippen LogP contribution in [0, 0.1) is 6.92 Å². The van der Waals surface area contributed by atoms with Crippen molar-refractivity contribution in [3.05, 3.63) is 41.6 Å². The number of hydrogen-bond donors (Lipinski definition) is 1. The second-order valence-electron chi connectivity index (χ2n) is 6.18. The zero-order valence-electron chi connectivity index (χ0n) is 13.8. The van der Waals surface area contributed by atoms with Crippen LogP contribution in [0.1, 0.15) is 23.3 Å². The average Bonchev–Trinajstić information content (AvgIpc) is 3.13. The molecular weight excluding hydrogens is 294 g/mol. The predicted molar refractivity (Wildman–Crippen MR) is 85.9 cm³/mol. The molecular formula is C16H23N5O2. The summed E-state index contributed by atoms with van der Waals surface area (Å²) in [6.45, 7) is 4.92. The molecule has 124 valence electrons. The zero-order chi connectivity index (χ0) is 16.4. The van der Waals surface area contributed by atoms with E-state index in [4.69, 9.17) is 4.42 Å². The van der Waals surface area contributed by atoms with E-state index in [9.17, 15) is 4.79 Å². The summed E-state index contributed by atoms with van der Waals surface area (Å²) in [5, 5.41) is 7.36. The van der Waals surface area contributed by atoms with Crippen LogP contribution in [0.15, 0.2) is 28.8 Å². The van der Waals surface area contributed by atoms with Crippen LogP contribution in [0.25, 0.3) is 0 Å². The lowest BCUT2D eigenvalue weighted by atomic mass is 10.2. The summed E-state index contributed by atoms with van der Waals surface area (Å²) in [5.74, 6) is 1.89. The minimum atomic E-state index is -0.0857. The van der Waals surface area contributed by atoms with E-state index >= 15 is 0 Å². The van der Waals surface area contributed by atoms with Gasteiger partial charge in [0, 0.05) is 39.9 Å². The van der Waals surface area contributed by atoms with Crippen molar-refractivity contribution >= 4 is 6.03 Å². The van der Waals surface area contributed by atoms with E-state index in [-0.39, 0.29) is 12.1 Å². The van der Waals surface area contributed by atoms with Crippen molar-refractivity contribution in [3.8, 4) is 0 Å². The molecule has 7 nitrogen and oxygen atoms in total. The molecule has 23 heavy (non-hydrogen) atoms. The van der Waals surface area contributed by atoms with Crippen LogP contribution in [0.2, 0.25) is 0 Å². The van der Waals surface area contributed by atoms with Crippen LogP contribution in [0.3, 0.4) is 0 Å². The van der Waals surface area contributed by atoms with Gasteiger partial charge in [-0.25, -0.2) is 4.79 Å². The first-order valence-corrected chi connectivity index (χ1v) is 7.78. The predicted octanol–water partition coefficient (Wildman–Crippen LogP) is 1.61. The van der Waals surface area contributed by atoms with Gasteiger partial charge in [0.25, 0.3) is 0 Å². The van der Waals surface area contributed by atoms with Gasteiger partial charge in [0.2, 0.25) is 0 Å². The van der Waals surface area contributed by atoms with E-state index in [1.165, 1.54) is 4.90 Å². The topological polar surface area (TPSA) is 66.5 Å². The molecule has 0 spiro atoms. The fraction of sp³-hybridized carbons (Fsp3) is 0.500. The average molecular weight is 317 g/mol. The zero-order valence-corrected chi connectivity index (χ0v) is 13.8. The molecule has 1 atom stereocenters. The smallest absolute Gasteiger partial charge is 0.316 e. The molecule has 0 radical (unpaired) electrons. The Hall–Kier alpha value is -2.28. The summed E-state index contributed by atoms with van der Waals surface area (Å²) >= 11 is 0. The van der Waals surface area contributed by atoms with Gasteiger partial charge >= 0.3 is 6.03 Å². The second kappa shape index (κ2) is 6.45. The van der Waals surface area contributed by atoms with Gasteiger partial charge in [0.05, 0.1) is 18.3 Å². The van der Waals surface area contributed by atoms with Crippen molar-refractivity contribution in [2.24, 2.45) is 0 Å². The molecule has 1 unspecified atom stereocenters. The van der Waals surface area contributed by atoms with Crippen LogP contribution in [0.5, 0.6) is 0 Å². The van der Waals surface area contributed by atoms with Gasteiger partial charge < -0.3 is 14.6 Å². The van der Waals surface area contributed by atoms with E-state index in [0.29, 0.717) is 6.54 Å². The number of urea groups is 1. The van der Waals surface area contributed by atoms with Crippen LogP contribution in [-0.2, 0) is 13.1 Å². The third-order valence-corrected chi connectivity index (χ3v) is 4.02. The fourth-order valence-electron chi connectivity index (χ4n) is 2.89. The maximum absolute atomic E-state index is 11.8. The lowest BCUT2D eigenvalue weighted by molar-refractivity contribution is 0.152. The molecule has 0 aromatic carbocycles. The number of aryl methyl sites for hydroxylation is 1. The Kier molecular flexibility index (Phi) is 4.38. The number of furan rings is 1. The van der Waals surface area contributed by atoms with Crippen molar-refractivity contribution in [3.63, 3.8) is 0 Å². The second-order valence-corrected chi connectivity index (χ2v) is 6.18. The Morgan fingerprint density at radius 1 is 1.43 bits per heavy atom. The first-order chi connectivity index (χ1) is 11.0. The summed E-state index contributed by atoms with van der Waals surface area (Å²) in [4.78, 5) is 15.6. The van der Waals surface area contributed by atoms with Crippen molar-refractivity contribution in [1.82, 2.24) is 24.9 Å². The van der Waals surface area contributed by atoms with E-state index in [1.54, 1.807) is 14.1 Å². The number of aromatic nitrogens is 2. The highest BCUT2D eigenvalue weighted by Crippen LogP contribution is 2.22. The Morgan fingerprint density at radius 3 is 2.96 bits per heavy atom. The summed E-state index contributed by atoms with van der Waals surface area (Å²) < 4.78 is 7.69. The van der Waals surface area contributed by atoms with Gasteiger partial charge in [0.15, 0.2) is 0 Å². The molecule has 2 aromatic rings. The molecule has 0 aliphatic carbocycles. The Morgan fingerprint density at radius 2 is 2.26 bits per heavy atom. The third-order valence-electron chi connectivity index (χ3n) is 4.02. The number of carbonyl (C=O) groups is 1. The van der Waals surface area contributed by atoms with Crippen molar-refractivity contribution < 1.29 is 9.21 Å². The summed E-state index contributed by atoms with van der Waals surface area (Å²) in [5.41, 5.74) is 1.16. The van der Waals surface area contributed by atoms with E-state index in [2.05, 4.69) is 15.3 Å². The summed E-state index contributed by atoms with van der Waals surface area (Å²) in [6.07, 6.45) is 1.82. The Labute approximate surface area is 135 Å². The van der Waals surface area contributed by atoms with Crippen LogP contribution >= 0.6 is 0 Å². The number of rotatable bonds is 4. The van der Waals surface area contributed by atoms with E-state index < -0.39 is 0 Å². The Balaban J connectivity index is 1.68. The van der Waals surface area contributed by atoms with Gasteiger partial charge in [-0.2, -0.15) is 5.10 Å². The lowest BCUT2D eigenvalue weighted by Crippen LogP contribution is -2.44. The standard InChI is InChI=1S/C16H23N5O2/c1-12-4-5-15(23-12)11-20-9-13-6-7-18-21(13)14(10-20)8-17-16(22)19(2)3/h4-7,14H,8-11H2,1-3H3,(H,17,22). The van der Waals surface area contributed by atoms with E-state index in [0.717, 1.165) is 36.8 Å². The third kappa shape index (κ3) is 3.56. The maximum atomic E-state index is 11.8. The fourth-order valence-corrected chi connectivity index (χ4v) is 2.89. The Bertz CT molecular complexity index is 676. The largest absolute Gasteiger partial charge is 0.465 e. The summed E-state index contributed by atoms with van der Waals surface area (Å²) in [7, 11) is 3.47. The van der Waals surface area contributed by atoms with Gasteiger partial charge in [0.1, 0.15) is 11.5 Å². The molecule has 3 heterocycles. The number of carbonyl (C=O) groups excluding carboxylic acids is 1. The van der Waals surface area contributed by atoms with Crippen LogP contribution in [0.4, 0.5) is 4.79 Å². The molecule has 0 saturated heterocycles. The highest BCUT2D eigenvalue weighted by Gasteiger charge is 2.26. The lowest BCUT2D eigenvalue weighted by Gasteiger charge is -2.33. The number of fused-ring (bicyclic) bond motifs is 1. The molecule has 7 heteroatoms. The molecule has 1 N–H and O–H groups in total. The molecule has 3 rings (SSSR count). The first-order valence-electron chi connectivity index (χ1n) is 7.78. The van der Waals surface area contributed by atoms with Crippen LogP contribution < -0.4 is 5.32 Å². The molecule has 2 amide bonds. The molecule has 0 bridgehead atoms. The van der Waals surface area contributed by atoms with Crippen molar-refractivity contribution in [2.75, 3.05) is 27.2 Å². The molecule has 2 aromatic heterocycles. The maximum Gasteiger partial charge on any atom is 0.316 e. The molecule has 1 aliphatic rings. The number of nitrogens with one attached hydrogen (secondary N) is 1. The quantitative estimate of drug-likeness (QED) is 0.930. The minimum Gasteiger partial charge on any atom is -0.465 e. The summed E-state index contributed by atoms with van der Waals surface area (Å²) in [6, 6.07) is 6.06. The molecule has 1 aliphatic heterocycles. The molecule has 0 saturated carbocycles. The van der Waals surface area contributed by atoms with Gasteiger partial charge in [-0.15, -0.1) is 0 Å². The first kappa shape index (κ1) is 15.6. The van der Waals surface area contributed by atoms with Crippen LogP contribution in [-0.4, -0.2) is 52.8 Å². The number of amides is 2. The van der Waals surface area contributed by atoms with Crippen molar-refractivity contribution in [1.29, 1.82) is 0 Å². The van der Waals surface area contributed by atoms with Gasteiger partial charge in [-0.05, 0) is 25.1 Å². The molecule has 0 fully saturated rings. The highest BCUT2D eigenvalue weighted by atomic mass is 16.3. The normalized spacial score (nSPS) is 17.8. The van der Waals surface area contributed by atoms with Gasteiger partial charge in [-0.3, -0.25) is 9.58 Å². The van der Waals surface area contributed by atoms with E-state index in [1.807, 2.05) is 36.0 Å². The number of hydrogen-bond acceptors (Lipinski definition) is 4. The monoisotopic (exact) mass is 317 g/mol. The van der Waals surface area contributed by atoms with Crippen molar-refractivity contribution in [2.45, 2.75) is 26.1 Å². The van der Waals surface area contributed by atoms with Gasteiger partial charge in [-0.1, -0.05) is 0 Å². The highest BCUT2D eigenvalue weighted by molar-refractivity contribution is 5.73. The SMILES string of the molecule is Cc1ccc(CN2Cc3ccnn3C(CNC(=O)N(C)C)C2)o1.